The Labute approximate surface area is 146 Å². The van der Waals surface area contributed by atoms with Crippen molar-refractivity contribution >= 4 is 26.9 Å². The molecular formula is C19H18O5S. The van der Waals surface area contributed by atoms with Gasteiger partial charge in [0.2, 0.25) is 5.78 Å². The summed E-state index contributed by atoms with van der Waals surface area (Å²) >= 11 is 0. The zero-order valence-electron chi connectivity index (χ0n) is 13.8. The lowest BCUT2D eigenvalue weighted by Gasteiger charge is -2.04. The molecule has 0 aliphatic heterocycles. The first-order valence-electron chi connectivity index (χ1n) is 7.94. The Hall–Kier alpha value is -2.44. The van der Waals surface area contributed by atoms with E-state index in [0.29, 0.717) is 11.1 Å². The van der Waals surface area contributed by atoms with Crippen LogP contribution < -0.4 is 0 Å². The van der Waals surface area contributed by atoms with E-state index in [9.17, 15) is 13.2 Å². The first kappa shape index (κ1) is 17.4. The van der Waals surface area contributed by atoms with E-state index in [2.05, 4.69) is 0 Å². The molecule has 1 aromatic heterocycles. The van der Waals surface area contributed by atoms with Gasteiger partial charge in [0, 0.05) is 5.39 Å². The van der Waals surface area contributed by atoms with Gasteiger partial charge in [0.15, 0.2) is 5.76 Å². The standard InChI is InChI=1S/C19H18O5S/c1-2-15-9-6-10-16-11-18(24-19(15)16)17(20)12-23-25(21,22)13-14-7-4-3-5-8-14/h3-11H,2,12-13H2,1H3. The highest BCUT2D eigenvalue weighted by atomic mass is 32.2. The number of carbonyl (C=O) groups excluding carboxylic acids is 1. The van der Waals surface area contributed by atoms with E-state index >= 15 is 0 Å². The average molecular weight is 358 g/mol. The summed E-state index contributed by atoms with van der Waals surface area (Å²) < 4.78 is 34.5. The van der Waals surface area contributed by atoms with E-state index in [1.165, 1.54) is 0 Å². The van der Waals surface area contributed by atoms with Crippen molar-refractivity contribution < 1.29 is 21.8 Å². The first-order valence-corrected chi connectivity index (χ1v) is 9.52. The Morgan fingerprint density at radius 1 is 1.08 bits per heavy atom. The van der Waals surface area contributed by atoms with Crippen molar-refractivity contribution in [3.05, 3.63) is 71.5 Å². The van der Waals surface area contributed by atoms with Gasteiger partial charge in [-0.3, -0.25) is 8.98 Å². The molecule has 130 valence electrons. The number of aryl methyl sites for hydroxylation is 1. The lowest BCUT2D eigenvalue weighted by atomic mass is 10.1. The third-order valence-corrected chi connectivity index (χ3v) is 5.00. The summed E-state index contributed by atoms with van der Waals surface area (Å²) in [7, 11) is -3.84. The third-order valence-electron chi connectivity index (χ3n) is 3.84. The lowest BCUT2D eigenvalue weighted by molar-refractivity contribution is 0.0899. The van der Waals surface area contributed by atoms with Crippen molar-refractivity contribution in [2.24, 2.45) is 0 Å². The van der Waals surface area contributed by atoms with Crippen LogP contribution in [0.15, 0.2) is 59.0 Å². The molecule has 0 fully saturated rings. The maximum atomic E-state index is 12.2. The molecule has 0 aliphatic rings. The fourth-order valence-electron chi connectivity index (χ4n) is 2.57. The fraction of sp³-hybridized carbons (Fsp3) is 0.211. The number of furan rings is 1. The number of Topliss-reactive ketones (excluding diaryl/α,β-unsaturated/α-hetero) is 1. The molecule has 0 N–H and O–H groups in total. The zero-order valence-corrected chi connectivity index (χ0v) is 14.6. The second kappa shape index (κ2) is 7.21. The van der Waals surface area contributed by atoms with Crippen LogP contribution in [0, 0.1) is 0 Å². The van der Waals surface area contributed by atoms with Crippen LogP contribution in [-0.4, -0.2) is 20.8 Å². The summed E-state index contributed by atoms with van der Waals surface area (Å²) in [6, 6.07) is 16.0. The summed E-state index contributed by atoms with van der Waals surface area (Å²) in [6.07, 6.45) is 0.778. The van der Waals surface area contributed by atoms with Crippen LogP contribution in [0.4, 0.5) is 0 Å². The smallest absolute Gasteiger partial charge is 0.271 e. The molecule has 0 spiro atoms. The van der Waals surface area contributed by atoms with E-state index in [4.69, 9.17) is 8.60 Å². The van der Waals surface area contributed by atoms with Crippen molar-refractivity contribution in [2.45, 2.75) is 19.1 Å². The zero-order chi connectivity index (χ0) is 17.9. The topological polar surface area (TPSA) is 73.6 Å². The SMILES string of the molecule is CCc1cccc2cc(C(=O)COS(=O)(=O)Cc3ccccc3)oc12. The summed E-state index contributed by atoms with van der Waals surface area (Å²) in [5, 5.41) is 0.815. The van der Waals surface area contributed by atoms with Crippen molar-refractivity contribution in [1.82, 2.24) is 0 Å². The number of hydrogen-bond acceptors (Lipinski definition) is 5. The summed E-state index contributed by atoms with van der Waals surface area (Å²) in [5.74, 6) is -0.679. The van der Waals surface area contributed by atoms with Gasteiger partial charge in [0.25, 0.3) is 10.1 Å². The van der Waals surface area contributed by atoms with Gasteiger partial charge >= 0.3 is 0 Å². The Bertz CT molecular complexity index is 987. The van der Waals surface area contributed by atoms with Crippen LogP contribution in [0.5, 0.6) is 0 Å². The number of ketones is 1. The Morgan fingerprint density at radius 3 is 2.56 bits per heavy atom. The quantitative estimate of drug-likeness (QED) is 0.475. The minimum absolute atomic E-state index is 0.103. The van der Waals surface area contributed by atoms with Gasteiger partial charge in [-0.05, 0) is 23.6 Å². The van der Waals surface area contributed by atoms with Crippen LogP contribution in [0.3, 0.4) is 0 Å². The highest BCUT2D eigenvalue weighted by molar-refractivity contribution is 7.85. The minimum Gasteiger partial charge on any atom is -0.453 e. The van der Waals surface area contributed by atoms with E-state index in [1.807, 2.05) is 25.1 Å². The molecule has 1 heterocycles. The van der Waals surface area contributed by atoms with Crippen molar-refractivity contribution in [2.75, 3.05) is 6.61 Å². The molecule has 0 amide bonds. The molecule has 3 rings (SSSR count). The fourth-order valence-corrected chi connectivity index (χ4v) is 3.54. The highest BCUT2D eigenvalue weighted by Crippen LogP contribution is 2.24. The van der Waals surface area contributed by atoms with Crippen LogP contribution in [0.2, 0.25) is 0 Å². The maximum absolute atomic E-state index is 12.2. The molecule has 25 heavy (non-hydrogen) atoms. The van der Waals surface area contributed by atoms with Crippen molar-refractivity contribution in [3.63, 3.8) is 0 Å². The summed E-state index contributed by atoms with van der Waals surface area (Å²) in [6.45, 7) is 1.43. The number of rotatable bonds is 7. The maximum Gasteiger partial charge on any atom is 0.271 e. The monoisotopic (exact) mass is 358 g/mol. The van der Waals surface area contributed by atoms with Gasteiger partial charge in [0.1, 0.15) is 17.9 Å². The minimum atomic E-state index is -3.84. The second-order valence-electron chi connectivity index (χ2n) is 5.67. The molecule has 0 atom stereocenters. The Balaban J connectivity index is 1.70. The van der Waals surface area contributed by atoms with Crippen LogP contribution in [-0.2, 0) is 26.5 Å². The van der Waals surface area contributed by atoms with Gasteiger partial charge in [-0.1, -0.05) is 55.5 Å². The number of carbonyl (C=O) groups is 1. The number of para-hydroxylation sites is 1. The lowest BCUT2D eigenvalue weighted by Crippen LogP contribution is -2.15. The molecule has 0 bridgehead atoms. The molecule has 0 saturated carbocycles. The number of benzene rings is 2. The van der Waals surface area contributed by atoms with Crippen LogP contribution >= 0.6 is 0 Å². The van der Waals surface area contributed by atoms with Gasteiger partial charge < -0.3 is 4.42 Å². The molecule has 0 aliphatic carbocycles. The molecule has 3 aromatic rings. The largest absolute Gasteiger partial charge is 0.453 e. The van der Waals surface area contributed by atoms with Gasteiger partial charge in [-0.2, -0.15) is 8.42 Å². The predicted molar refractivity (Wildman–Crippen MR) is 94.9 cm³/mol. The van der Waals surface area contributed by atoms with Gasteiger partial charge in [-0.25, -0.2) is 0 Å². The van der Waals surface area contributed by atoms with Gasteiger partial charge in [-0.15, -0.1) is 0 Å². The Kier molecular flexibility index (Phi) is 5.01. The molecule has 0 unspecified atom stereocenters. The van der Waals surface area contributed by atoms with E-state index < -0.39 is 22.5 Å². The van der Waals surface area contributed by atoms with Crippen LogP contribution in [0.1, 0.15) is 28.6 Å². The van der Waals surface area contributed by atoms with Crippen molar-refractivity contribution in [1.29, 1.82) is 0 Å². The average Bonchev–Trinajstić information content (AvgIpc) is 3.04. The second-order valence-corrected chi connectivity index (χ2v) is 7.31. The predicted octanol–water partition coefficient (Wildman–Crippen LogP) is 3.72. The normalized spacial score (nSPS) is 11.7. The van der Waals surface area contributed by atoms with Crippen LogP contribution in [0.25, 0.3) is 11.0 Å². The molecular weight excluding hydrogens is 340 g/mol. The summed E-state index contributed by atoms with van der Waals surface area (Å²) in [5.41, 5.74) is 2.25. The number of fused-ring (bicyclic) bond motifs is 1. The number of hydrogen-bond donors (Lipinski definition) is 0. The molecule has 0 saturated heterocycles. The molecule has 6 heteroatoms. The molecule has 0 radical (unpaired) electrons. The van der Waals surface area contributed by atoms with Gasteiger partial charge in [0.05, 0.1) is 0 Å². The molecule has 5 nitrogen and oxygen atoms in total. The first-order chi connectivity index (χ1) is 12.0. The highest BCUT2D eigenvalue weighted by Gasteiger charge is 2.19. The third kappa shape index (κ3) is 4.15. The van der Waals surface area contributed by atoms with E-state index in [-0.39, 0.29) is 11.5 Å². The molecule has 2 aromatic carbocycles. The van der Waals surface area contributed by atoms with E-state index in [1.54, 1.807) is 36.4 Å². The van der Waals surface area contributed by atoms with E-state index in [0.717, 1.165) is 17.4 Å². The summed E-state index contributed by atoms with van der Waals surface area (Å²) in [4.78, 5) is 12.2. The Morgan fingerprint density at radius 2 is 1.84 bits per heavy atom. The van der Waals surface area contributed by atoms with Crippen molar-refractivity contribution in [3.8, 4) is 0 Å².